The minimum absolute atomic E-state index is 0.0643. The van der Waals surface area contributed by atoms with Gasteiger partial charge in [0.2, 0.25) is 5.91 Å². The highest BCUT2D eigenvalue weighted by molar-refractivity contribution is 5.73. The van der Waals surface area contributed by atoms with Crippen LogP contribution < -0.4 is 0 Å². The van der Waals surface area contributed by atoms with Crippen molar-refractivity contribution in [1.29, 1.82) is 0 Å². The molecule has 7 nitrogen and oxygen atoms in total. The summed E-state index contributed by atoms with van der Waals surface area (Å²) < 4.78 is 5.19. The van der Waals surface area contributed by atoms with E-state index >= 15 is 0 Å². The number of carbonyl (C=O) groups excluding carboxylic acids is 1. The molecule has 0 aliphatic carbocycles. The van der Waals surface area contributed by atoms with Crippen LogP contribution in [0.15, 0.2) is 48.5 Å². The lowest BCUT2D eigenvalue weighted by atomic mass is 9.86. The summed E-state index contributed by atoms with van der Waals surface area (Å²) in [5, 5.41) is 10.9. The Morgan fingerprint density at radius 2 is 1.90 bits per heavy atom. The highest BCUT2D eigenvalue weighted by atomic mass is 16.6. The Balaban J connectivity index is 1.78. The van der Waals surface area contributed by atoms with Gasteiger partial charge in [-0.25, -0.2) is 0 Å². The van der Waals surface area contributed by atoms with E-state index in [0.717, 1.165) is 25.2 Å². The van der Waals surface area contributed by atoms with E-state index in [0.29, 0.717) is 31.5 Å². The molecule has 1 aliphatic rings. The van der Waals surface area contributed by atoms with Crippen LogP contribution >= 0.6 is 0 Å². The van der Waals surface area contributed by atoms with Crippen molar-refractivity contribution in [1.82, 2.24) is 9.80 Å². The number of aryl methyl sites for hydroxylation is 1. The van der Waals surface area contributed by atoms with Crippen LogP contribution in [0.2, 0.25) is 0 Å². The summed E-state index contributed by atoms with van der Waals surface area (Å²) in [6, 6.07) is 15.2. The van der Waals surface area contributed by atoms with Crippen LogP contribution in [0.25, 0.3) is 0 Å². The second-order valence-corrected chi connectivity index (χ2v) is 8.30. The van der Waals surface area contributed by atoms with Crippen LogP contribution in [0.5, 0.6) is 0 Å². The predicted octanol–water partition coefficient (Wildman–Crippen LogP) is 3.61. The van der Waals surface area contributed by atoms with Gasteiger partial charge in [0, 0.05) is 64.8 Å². The van der Waals surface area contributed by atoms with Crippen molar-refractivity contribution in [3.8, 4) is 0 Å². The highest BCUT2D eigenvalue weighted by Crippen LogP contribution is 2.35. The molecule has 0 spiro atoms. The fourth-order valence-electron chi connectivity index (χ4n) is 4.47. The molecule has 2 unspecified atom stereocenters. The first kappa shape index (κ1) is 22.9. The predicted molar refractivity (Wildman–Crippen MR) is 120 cm³/mol. The zero-order chi connectivity index (χ0) is 22.4. The van der Waals surface area contributed by atoms with E-state index in [1.54, 1.807) is 26.2 Å². The number of carbonyl (C=O) groups is 1. The lowest BCUT2D eigenvalue weighted by molar-refractivity contribution is -0.384. The minimum atomic E-state index is -0.375. The number of benzene rings is 2. The Morgan fingerprint density at radius 1 is 1.19 bits per heavy atom. The summed E-state index contributed by atoms with van der Waals surface area (Å²) in [7, 11) is 1.65. The molecule has 166 valence electrons. The van der Waals surface area contributed by atoms with E-state index < -0.39 is 0 Å². The fourth-order valence-corrected chi connectivity index (χ4v) is 4.47. The number of amides is 1. The quantitative estimate of drug-likeness (QED) is 0.453. The first-order valence-electron chi connectivity index (χ1n) is 10.6. The van der Waals surface area contributed by atoms with Gasteiger partial charge in [-0.2, -0.15) is 0 Å². The molecule has 0 N–H and O–H groups in total. The highest BCUT2D eigenvalue weighted by Gasteiger charge is 2.36. The number of non-ortho nitro benzene ring substituents is 1. The van der Waals surface area contributed by atoms with Gasteiger partial charge in [-0.05, 0) is 29.5 Å². The van der Waals surface area contributed by atoms with Gasteiger partial charge in [-0.3, -0.25) is 19.8 Å². The average molecular weight is 426 g/mol. The number of methoxy groups -OCH3 is 1. The molecule has 2 aromatic rings. The molecule has 31 heavy (non-hydrogen) atoms. The van der Waals surface area contributed by atoms with Crippen molar-refractivity contribution in [2.24, 2.45) is 5.92 Å². The Labute approximate surface area is 183 Å². The van der Waals surface area contributed by atoms with E-state index in [1.165, 1.54) is 11.1 Å². The molecule has 1 heterocycles. The Morgan fingerprint density at radius 3 is 2.52 bits per heavy atom. The number of hydrogen-bond acceptors (Lipinski definition) is 5. The molecular weight excluding hydrogens is 394 g/mol. The van der Waals surface area contributed by atoms with Crippen molar-refractivity contribution < 1.29 is 14.5 Å². The molecular formula is C24H31N3O4. The second kappa shape index (κ2) is 10.5. The SMILES string of the molecule is COCCN(CC1CN(Cc2ccc([N+](=O)[O-])cc2)CC1c1ccccc1C)C(C)=O. The largest absolute Gasteiger partial charge is 0.383 e. The molecule has 2 atom stereocenters. The van der Waals surface area contributed by atoms with E-state index in [2.05, 4.69) is 36.1 Å². The molecule has 0 bridgehead atoms. The zero-order valence-corrected chi connectivity index (χ0v) is 18.5. The topological polar surface area (TPSA) is 75.9 Å². The molecule has 0 saturated carbocycles. The van der Waals surface area contributed by atoms with Gasteiger partial charge >= 0.3 is 0 Å². The molecule has 7 heteroatoms. The standard InChI is InChI=1S/C24H31N3O4/c1-18-6-4-5-7-23(18)24-17-25(14-20-8-10-22(11-9-20)27(29)30)15-21(24)16-26(19(2)28)12-13-31-3/h4-11,21,24H,12-17H2,1-3H3. The van der Waals surface area contributed by atoms with Crippen molar-refractivity contribution in [3.05, 3.63) is 75.3 Å². The van der Waals surface area contributed by atoms with Gasteiger partial charge < -0.3 is 9.64 Å². The third-order valence-electron chi connectivity index (χ3n) is 6.12. The Bertz CT molecular complexity index is 900. The van der Waals surface area contributed by atoms with Gasteiger partial charge in [0.05, 0.1) is 11.5 Å². The molecule has 0 aromatic heterocycles. The van der Waals surface area contributed by atoms with Crippen LogP contribution in [-0.4, -0.2) is 60.5 Å². The number of rotatable bonds is 9. The smallest absolute Gasteiger partial charge is 0.269 e. The van der Waals surface area contributed by atoms with Crippen LogP contribution in [0, 0.1) is 23.0 Å². The van der Waals surface area contributed by atoms with E-state index in [1.807, 2.05) is 17.0 Å². The third-order valence-corrected chi connectivity index (χ3v) is 6.12. The molecule has 1 amide bonds. The summed E-state index contributed by atoms with van der Waals surface area (Å²) in [6.07, 6.45) is 0. The van der Waals surface area contributed by atoms with E-state index in [-0.39, 0.29) is 16.5 Å². The summed E-state index contributed by atoms with van der Waals surface area (Å²) in [4.78, 5) is 27.0. The number of ether oxygens (including phenoxy) is 1. The fraction of sp³-hybridized carbons (Fsp3) is 0.458. The number of likely N-dealkylation sites (tertiary alicyclic amines) is 1. The van der Waals surface area contributed by atoms with Crippen LogP contribution in [-0.2, 0) is 16.1 Å². The number of nitrogens with zero attached hydrogens (tertiary/aromatic N) is 3. The molecule has 0 radical (unpaired) electrons. The lowest BCUT2D eigenvalue weighted by Gasteiger charge is -2.28. The van der Waals surface area contributed by atoms with Crippen molar-refractivity contribution in [2.75, 3.05) is 39.9 Å². The molecule has 3 rings (SSSR count). The molecule has 1 saturated heterocycles. The lowest BCUT2D eigenvalue weighted by Crippen LogP contribution is -2.38. The van der Waals surface area contributed by atoms with Crippen molar-refractivity contribution in [3.63, 3.8) is 0 Å². The number of hydrogen-bond donors (Lipinski definition) is 0. The van der Waals surface area contributed by atoms with Crippen LogP contribution in [0.1, 0.15) is 29.5 Å². The van der Waals surface area contributed by atoms with Crippen molar-refractivity contribution >= 4 is 11.6 Å². The zero-order valence-electron chi connectivity index (χ0n) is 18.5. The average Bonchev–Trinajstić information content (AvgIpc) is 3.13. The van der Waals surface area contributed by atoms with Gasteiger partial charge in [0.1, 0.15) is 0 Å². The van der Waals surface area contributed by atoms with E-state index in [9.17, 15) is 14.9 Å². The maximum Gasteiger partial charge on any atom is 0.269 e. The summed E-state index contributed by atoms with van der Waals surface area (Å²) in [5.74, 6) is 0.693. The Kier molecular flexibility index (Phi) is 7.76. The van der Waals surface area contributed by atoms with Gasteiger partial charge in [-0.1, -0.05) is 36.4 Å². The minimum Gasteiger partial charge on any atom is -0.383 e. The first-order valence-corrected chi connectivity index (χ1v) is 10.6. The molecule has 1 fully saturated rings. The molecule has 2 aromatic carbocycles. The van der Waals surface area contributed by atoms with Crippen molar-refractivity contribution in [2.45, 2.75) is 26.3 Å². The monoisotopic (exact) mass is 425 g/mol. The van der Waals surface area contributed by atoms with Crippen LogP contribution in [0.4, 0.5) is 5.69 Å². The Hall–Kier alpha value is -2.77. The van der Waals surface area contributed by atoms with E-state index in [4.69, 9.17) is 4.74 Å². The van der Waals surface area contributed by atoms with Gasteiger partial charge in [0.25, 0.3) is 5.69 Å². The number of nitro groups is 1. The normalized spacial score (nSPS) is 18.8. The maximum atomic E-state index is 12.2. The van der Waals surface area contributed by atoms with Gasteiger partial charge in [0.15, 0.2) is 0 Å². The second-order valence-electron chi connectivity index (χ2n) is 8.30. The van der Waals surface area contributed by atoms with Gasteiger partial charge in [-0.15, -0.1) is 0 Å². The maximum absolute atomic E-state index is 12.2. The van der Waals surface area contributed by atoms with Crippen LogP contribution in [0.3, 0.4) is 0 Å². The summed E-state index contributed by atoms with van der Waals surface area (Å²) in [5.41, 5.74) is 3.75. The summed E-state index contributed by atoms with van der Waals surface area (Å²) in [6.45, 7) is 8.04. The number of nitro benzene ring substituents is 1. The summed E-state index contributed by atoms with van der Waals surface area (Å²) >= 11 is 0. The third kappa shape index (κ3) is 5.89. The molecule has 1 aliphatic heterocycles. The first-order chi connectivity index (χ1) is 14.9.